The molecule has 4 heteroatoms. The predicted octanol–water partition coefficient (Wildman–Crippen LogP) is 4.17. The Balaban J connectivity index is 1.66. The molecule has 0 N–H and O–H groups in total. The Hall–Kier alpha value is -3.53. The number of carbonyl (C=O) groups excluding carboxylic acids is 1. The molecule has 0 aliphatic carbocycles. The summed E-state index contributed by atoms with van der Waals surface area (Å²) < 4.78 is 1.85. The fraction of sp³-hybridized carbons (Fsp3) is 0. The molecule has 4 nitrogen and oxygen atoms in total. The zero-order chi connectivity index (χ0) is 17.1. The van der Waals surface area contributed by atoms with Crippen molar-refractivity contribution >= 4 is 5.78 Å². The Morgan fingerprint density at radius 2 is 1.56 bits per heavy atom. The Morgan fingerprint density at radius 3 is 2.36 bits per heavy atom. The summed E-state index contributed by atoms with van der Waals surface area (Å²) >= 11 is 0. The molecule has 0 amide bonds. The fourth-order valence-corrected chi connectivity index (χ4v) is 2.69. The van der Waals surface area contributed by atoms with Gasteiger partial charge in [0.15, 0.2) is 0 Å². The van der Waals surface area contributed by atoms with E-state index in [1.807, 2.05) is 34.9 Å². The number of carbonyl (C=O) groups is 1. The van der Waals surface area contributed by atoms with Crippen LogP contribution in [0, 0.1) is 0 Å². The summed E-state index contributed by atoms with van der Waals surface area (Å²) in [5, 5.41) is 0. The van der Waals surface area contributed by atoms with Gasteiger partial charge in [0.05, 0.1) is 0 Å². The van der Waals surface area contributed by atoms with Crippen molar-refractivity contribution in [1.82, 2.24) is 14.5 Å². The van der Waals surface area contributed by atoms with Gasteiger partial charge in [0.1, 0.15) is 17.7 Å². The van der Waals surface area contributed by atoms with E-state index in [0.29, 0.717) is 11.4 Å². The van der Waals surface area contributed by atoms with Crippen molar-refractivity contribution in [2.45, 2.75) is 0 Å². The number of hydrogen-bond acceptors (Lipinski definition) is 3. The molecule has 25 heavy (non-hydrogen) atoms. The molecule has 2 aromatic heterocycles. The molecule has 0 saturated heterocycles. The monoisotopic (exact) mass is 325 g/mol. The molecule has 0 aliphatic heterocycles. The number of benzene rings is 2. The minimum absolute atomic E-state index is 0.182. The molecule has 4 aromatic rings. The van der Waals surface area contributed by atoms with Gasteiger partial charge in [-0.3, -0.25) is 9.78 Å². The van der Waals surface area contributed by atoms with Crippen LogP contribution in [0.5, 0.6) is 0 Å². The van der Waals surface area contributed by atoms with Crippen molar-refractivity contribution < 1.29 is 4.79 Å². The zero-order valence-electron chi connectivity index (χ0n) is 13.4. The Morgan fingerprint density at radius 1 is 0.760 bits per heavy atom. The first-order chi connectivity index (χ1) is 12.3. The largest absolute Gasteiger partial charge is 0.306 e. The van der Waals surface area contributed by atoms with Gasteiger partial charge in [-0.25, -0.2) is 4.98 Å². The van der Waals surface area contributed by atoms with Crippen LogP contribution in [0.3, 0.4) is 0 Å². The fourth-order valence-electron chi connectivity index (χ4n) is 2.69. The molecule has 0 atom stereocenters. The summed E-state index contributed by atoms with van der Waals surface area (Å²) in [6.45, 7) is 0. The van der Waals surface area contributed by atoms with Gasteiger partial charge in [-0.2, -0.15) is 0 Å². The first kappa shape index (κ1) is 15.0. The molecule has 0 unspecified atom stereocenters. The van der Waals surface area contributed by atoms with Gasteiger partial charge in [-0.05, 0) is 35.4 Å². The average molecular weight is 325 g/mol. The maximum absolute atomic E-state index is 12.4. The van der Waals surface area contributed by atoms with Gasteiger partial charge >= 0.3 is 0 Å². The zero-order valence-corrected chi connectivity index (χ0v) is 13.4. The van der Waals surface area contributed by atoms with Crippen LogP contribution < -0.4 is 0 Å². The number of ketones is 1. The number of nitrogens with zero attached hydrogens (tertiary/aromatic N) is 3. The Kier molecular flexibility index (Phi) is 3.92. The quantitative estimate of drug-likeness (QED) is 0.529. The molecule has 0 fully saturated rings. The summed E-state index contributed by atoms with van der Waals surface area (Å²) in [5.41, 5.74) is 3.99. The Labute approximate surface area is 145 Å². The minimum atomic E-state index is -0.182. The molecule has 0 aliphatic rings. The smallest absolute Gasteiger partial charge is 0.231 e. The predicted molar refractivity (Wildman–Crippen MR) is 96.7 cm³/mol. The van der Waals surface area contributed by atoms with Gasteiger partial charge in [0.25, 0.3) is 0 Å². The maximum atomic E-state index is 12.4. The molecule has 0 saturated carbocycles. The number of imidazole rings is 1. The lowest BCUT2D eigenvalue weighted by Gasteiger charge is -2.06. The molecule has 4 rings (SSSR count). The van der Waals surface area contributed by atoms with Gasteiger partial charge in [-0.1, -0.05) is 48.5 Å². The Bertz CT molecular complexity index is 1010. The molecular weight excluding hydrogens is 310 g/mol. The summed E-state index contributed by atoms with van der Waals surface area (Å²) in [4.78, 5) is 20.8. The topological polar surface area (TPSA) is 47.8 Å². The van der Waals surface area contributed by atoms with E-state index in [2.05, 4.69) is 34.2 Å². The lowest BCUT2D eigenvalue weighted by molar-refractivity contribution is 0.103. The van der Waals surface area contributed by atoms with Crippen LogP contribution in [0.4, 0.5) is 0 Å². The average Bonchev–Trinajstić information content (AvgIpc) is 3.19. The highest BCUT2D eigenvalue weighted by molar-refractivity contribution is 6.06. The molecule has 0 spiro atoms. The lowest BCUT2D eigenvalue weighted by Crippen LogP contribution is -2.03. The summed E-state index contributed by atoms with van der Waals surface area (Å²) in [6, 6.07) is 23.6. The van der Waals surface area contributed by atoms with Gasteiger partial charge in [-0.15, -0.1) is 0 Å². The van der Waals surface area contributed by atoms with Crippen molar-refractivity contribution in [3.8, 4) is 16.8 Å². The van der Waals surface area contributed by atoms with Crippen molar-refractivity contribution in [1.29, 1.82) is 0 Å². The van der Waals surface area contributed by atoms with E-state index in [1.165, 1.54) is 0 Å². The van der Waals surface area contributed by atoms with E-state index in [1.54, 1.807) is 36.9 Å². The first-order valence-corrected chi connectivity index (χ1v) is 7.97. The first-order valence-electron chi connectivity index (χ1n) is 7.97. The van der Waals surface area contributed by atoms with Crippen LogP contribution >= 0.6 is 0 Å². The van der Waals surface area contributed by atoms with Crippen LogP contribution in [0.25, 0.3) is 16.8 Å². The summed E-state index contributed by atoms with van der Waals surface area (Å²) in [7, 11) is 0. The van der Waals surface area contributed by atoms with Crippen LogP contribution in [0.2, 0.25) is 0 Å². The minimum Gasteiger partial charge on any atom is -0.306 e. The van der Waals surface area contributed by atoms with E-state index in [9.17, 15) is 4.79 Å². The van der Waals surface area contributed by atoms with Crippen LogP contribution in [-0.2, 0) is 0 Å². The maximum Gasteiger partial charge on any atom is 0.231 e. The number of hydrogen-bond donors (Lipinski definition) is 0. The number of aromatic nitrogens is 3. The van der Waals surface area contributed by atoms with Crippen molar-refractivity contribution in [3.05, 3.63) is 103 Å². The van der Waals surface area contributed by atoms with Crippen molar-refractivity contribution in [3.63, 3.8) is 0 Å². The third-order valence-electron chi connectivity index (χ3n) is 3.96. The summed E-state index contributed by atoms with van der Waals surface area (Å²) in [5.74, 6) is -0.182. The van der Waals surface area contributed by atoms with E-state index in [4.69, 9.17) is 0 Å². The molecule has 0 radical (unpaired) electrons. The molecular formula is C21H15N3O. The normalized spacial score (nSPS) is 10.6. The van der Waals surface area contributed by atoms with Crippen molar-refractivity contribution in [2.75, 3.05) is 0 Å². The molecule has 0 bridgehead atoms. The van der Waals surface area contributed by atoms with E-state index >= 15 is 0 Å². The van der Waals surface area contributed by atoms with Crippen molar-refractivity contribution in [2.24, 2.45) is 0 Å². The summed E-state index contributed by atoms with van der Waals surface area (Å²) in [6.07, 6.45) is 5.00. The third-order valence-corrected chi connectivity index (χ3v) is 3.96. The van der Waals surface area contributed by atoms with Gasteiger partial charge in [0, 0.05) is 18.1 Å². The highest BCUT2D eigenvalue weighted by atomic mass is 16.1. The highest BCUT2D eigenvalue weighted by Gasteiger charge is 2.13. The van der Waals surface area contributed by atoms with Crippen LogP contribution in [0.1, 0.15) is 16.2 Å². The van der Waals surface area contributed by atoms with E-state index < -0.39 is 0 Å². The molecule has 120 valence electrons. The second-order valence-electron chi connectivity index (χ2n) is 5.63. The van der Waals surface area contributed by atoms with Gasteiger partial charge in [0.2, 0.25) is 5.78 Å². The standard InChI is InChI=1S/C21H15N3O/c25-21(19-11-4-5-12-22-19)20-14-24(15-23-20)18-10-6-9-17(13-18)16-7-2-1-3-8-16/h1-15H. The van der Waals surface area contributed by atoms with E-state index in [0.717, 1.165) is 16.8 Å². The second kappa shape index (κ2) is 6.53. The SMILES string of the molecule is O=C(c1ccccn1)c1cn(-c2cccc(-c3ccccc3)c2)cn1. The van der Waals surface area contributed by atoms with Crippen LogP contribution in [0.15, 0.2) is 91.5 Å². The number of rotatable bonds is 4. The lowest BCUT2D eigenvalue weighted by atomic mass is 10.1. The van der Waals surface area contributed by atoms with E-state index in [-0.39, 0.29) is 5.78 Å². The van der Waals surface area contributed by atoms with Crippen LogP contribution in [-0.4, -0.2) is 20.3 Å². The van der Waals surface area contributed by atoms with Gasteiger partial charge < -0.3 is 4.57 Å². The molecule has 2 aromatic carbocycles. The highest BCUT2D eigenvalue weighted by Crippen LogP contribution is 2.22. The third kappa shape index (κ3) is 3.10. The number of pyridine rings is 1. The molecule has 2 heterocycles. The second-order valence-corrected chi connectivity index (χ2v) is 5.63.